The average Bonchev–Trinajstić information content (AvgIpc) is 3.25. The summed E-state index contributed by atoms with van der Waals surface area (Å²) in [6.45, 7) is 5.57. The van der Waals surface area contributed by atoms with Crippen LogP contribution < -0.4 is 21.9 Å². The summed E-state index contributed by atoms with van der Waals surface area (Å²) in [7, 11) is 1.27. The van der Waals surface area contributed by atoms with Crippen LogP contribution in [0, 0.1) is 0 Å². The van der Waals surface area contributed by atoms with Gasteiger partial charge in [0.1, 0.15) is 6.54 Å². The zero-order valence-electron chi connectivity index (χ0n) is 21.1. The summed E-state index contributed by atoms with van der Waals surface area (Å²) in [6, 6.07) is 9.65. The van der Waals surface area contributed by atoms with Crippen LogP contribution in [0.3, 0.4) is 0 Å². The maximum Gasteiger partial charge on any atom is 0.333 e. The molecule has 2 aromatic heterocycles. The first-order valence-corrected chi connectivity index (χ1v) is 12.3. The van der Waals surface area contributed by atoms with Crippen molar-refractivity contribution in [3.8, 4) is 0 Å². The Morgan fingerprint density at radius 2 is 1.92 bits per heavy atom. The number of esters is 1. The highest BCUT2D eigenvalue weighted by Crippen LogP contribution is 2.23. The number of carbonyl (C=O) groups is 1. The van der Waals surface area contributed by atoms with Crippen molar-refractivity contribution < 1.29 is 9.53 Å². The minimum absolute atomic E-state index is 0.00439. The van der Waals surface area contributed by atoms with Gasteiger partial charge in [-0.25, -0.2) is 4.79 Å². The Balaban J connectivity index is 1.93. The van der Waals surface area contributed by atoms with E-state index < -0.39 is 17.2 Å². The second kappa shape index (κ2) is 10.9. The van der Waals surface area contributed by atoms with Crippen molar-refractivity contribution in [3.05, 3.63) is 68.4 Å². The number of nitrogens with zero attached hydrogens (tertiary/aromatic N) is 5. The third-order valence-electron chi connectivity index (χ3n) is 6.50. The molecule has 1 saturated heterocycles. The number of nitrogens with two attached hydrogens (primary N) is 1. The third-order valence-corrected chi connectivity index (χ3v) is 6.50. The number of hydrogen-bond acceptors (Lipinski definition) is 7. The second-order valence-electron chi connectivity index (χ2n) is 9.46. The number of aromatic nitrogens is 4. The highest BCUT2D eigenvalue weighted by atomic mass is 16.5. The van der Waals surface area contributed by atoms with Crippen molar-refractivity contribution in [2.24, 2.45) is 5.73 Å². The first kappa shape index (κ1) is 25.4. The van der Waals surface area contributed by atoms with E-state index in [0.717, 1.165) is 30.5 Å². The van der Waals surface area contributed by atoms with Crippen LogP contribution in [0.5, 0.6) is 0 Å². The van der Waals surface area contributed by atoms with Gasteiger partial charge in [0.05, 0.1) is 7.11 Å². The number of rotatable bonds is 8. The first-order valence-electron chi connectivity index (χ1n) is 12.3. The van der Waals surface area contributed by atoms with Crippen LogP contribution in [0.4, 0.5) is 5.95 Å². The van der Waals surface area contributed by atoms with Gasteiger partial charge in [-0.05, 0) is 38.7 Å². The van der Waals surface area contributed by atoms with Crippen molar-refractivity contribution >= 4 is 23.1 Å². The van der Waals surface area contributed by atoms with Crippen LogP contribution in [0.15, 0.2) is 51.6 Å². The van der Waals surface area contributed by atoms with Crippen LogP contribution in [0.2, 0.25) is 0 Å². The number of carbonyl (C=O) groups excluding carboxylic acids is 1. The lowest BCUT2D eigenvalue weighted by Gasteiger charge is -2.31. The molecule has 2 N–H and O–H groups in total. The van der Waals surface area contributed by atoms with E-state index in [-0.39, 0.29) is 24.8 Å². The zero-order chi connectivity index (χ0) is 25.8. The Morgan fingerprint density at radius 3 is 2.58 bits per heavy atom. The molecule has 4 rings (SSSR count). The lowest BCUT2D eigenvalue weighted by molar-refractivity contribution is -0.141. The van der Waals surface area contributed by atoms with Gasteiger partial charge in [-0.2, -0.15) is 4.98 Å². The van der Waals surface area contributed by atoms with Crippen LogP contribution in [0.1, 0.15) is 32.3 Å². The van der Waals surface area contributed by atoms with Crippen molar-refractivity contribution in [3.63, 3.8) is 0 Å². The Morgan fingerprint density at radius 1 is 1.17 bits per heavy atom. The van der Waals surface area contributed by atoms with E-state index in [1.165, 1.54) is 16.2 Å². The summed E-state index contributed by atoms with van der Waals surface area (Å²) >= 11 is 0. The molecule has 1 unspecified atom stereocenters. The van der Waals surface area contributed by atoms with Gasteiger partial charge < -0.3 is 19.9 Å². The molecule has 3 aromatic rings. The average molecular weight is 495 g/mol. The van der Waals surface area contributed by atoms with Crippen molar-refractivity contribution in [1.29, 1.82) is 0 Å². The molecule has 10 nitrogen and oxygen atoms in total. The lowest BCUT2D eigenvalue weighted by atomic mass is 10.1. The molecule has 3 heterocycles. The fraction of sp³-hybridized carbons (Fsp3) is 0.462. The predicted octanol–water partition coefficient (Wildman–Crippen LogP) is 1.67. The third kappa shape index (κ3) is 5.28. The Hall–Kier alpha value is -3.66. The summed E-state index contributed by atoms with van der Waals surface area (Å²) in [5.41, 5.74) is 7.81. The molecule has 0 spiro atoms. The molecule has 36 heavy (non-hydrogen) atoms. The highest BCUT2D eigenvalue weighted by Gasteiger charge is 2.27. The monoisotopic (exact) mass is 494 g/mol. The molecule has 0 amide bonds. The SMILES string of the molecule is COC(=O)Cn1c(=O)n(CCc2ccccc2)c(=O)c2c1nc(N1CCCC(N)C1)n2CC=C(C)C. The molecule has 1 aromatic carbocycles. The largest absolute Gasteiger partial charge is 0.468 e. The molecule has 1 fully saturated rings. The molecule has 1 atom stereocenters. The molecule has 192 valence electrons. The molecule has 0 saturated carbocycles. The van der Waals surface area contributed by atoms with Crippen LogP contribution in [-0.4, -0.2) is 50.9 Å². The van der Waals surface area contributed by atoms with Crippen LogP contribution in [0.25, 0.3) is 11.2 Å². The Bertz CT molecular complexity index is 1380. The number of ether oxygens (including phenoxy) is 1. The minimum atomic E-state index is -0.591. The van der Waals surface area contributed by atoms with E-state index in [9.17, 15) is 14.4 Å². The lowest BCUT2D eigenvalue weighted by Crippen LogP contribution is -2.44. The summed E-state index contributed by atoms with van der Waals surface area (Å²) in [6.07, 6.45) is 4.33. The molecule has 0 aliphatic carbocycles. The zero-order valence-corrected chi connectivity index (χ0v) is 21.1. The van der Waals surface area contributed by atoms with E-state index >= 15 is 0 Å². The van der Waals surface area contributed by atoms with Gasteiger partial charge in [0.15, 0.2) is 11.2 Å². The normalized spacial score (nSPS) is 15.8. The number of hydrogen-bond donors (Lipinski definition) is 1. The van der Waals surface area contributed by atoms with Gasteiger partial charge in [-0.1, -0.05) is 42.0 Å². The van der Waals surface area contributed by atoms with Crippen molar-refractivity contribution in [2.75, 3.05) is 25.1 Å². The number of allylic oxidation sites excluding steroid dienone is 2. The van der Waals surface area contributed by atoms with E-state index in [1.54, 1.807) is 0 Å². The molecule has 1 aliphatic rings. The summed E-state index contributed by atoms with van der Waals surface area (Å²) in [4.78, 5) is 46.4. The molecular formula is C26H34N6O4. The number of aryl methyl sites for hydroxylation is 1. The van der Waals surface area contributed by atoms with E-state index in [1.807, 2.05) is 54.8 Å². The smallest absolute Gasteiger partial charge is 0.333 e. The quantitative estimate of drug-likeness (QED) is 0.374. The summed E-state index contributed by atoms with van der Waals surface area (Å²) < 4.78 is 9.14. The van der Waals surface area contributed by atoms with E-state index in [4.69, 9.17) is 15.5 Å². The molecule has 0 radical (unpaired) electrons. The number of anilines is 1. The van der Waals surface area contributed by atoms with Crippen LogP contribution in [-0.2, 0) is 35.6 Å². The van der Waals surface area contributed by atoms with Gasteiger partial charge in [0.25, 0.3) is 5.56 Å². The van der Waals surface area contributed by atoms with Gasteiger partial charge in [0, 0.05) is 32.2 Å². The molecule has 10 heteroatoms. The number of benzene rings is 1. The molecule has 1 aliphatic heterocycles. The number of piperidine rings is 1. The van der Waals surface area contributed by atoms with Gasteiger partial charge >= 0.3 is 11.7 Å². The first-order chi connectivity index (χ1) is 17.3. The maximum absolute atomic E-state index is 13.8. The number of imidazole rings is 1. The standard InChI is InChI=1S/C26H34N6O4/c1-18(2)11-14-30-22-23(28-25(30)29-13-7-10-20(27)16-29)32(17-21(33)36-3)26(35)31(24(22)34)15-12-19-8-5-4-6-9-19/h4-6,8-9,11,20H,7,10,12-17,27H2,1-3H3. The van der Waals surface area contributed by atoms with Gasteiger partial charge in [-0.15, -0.1) is 0 Å². The second-order valence-corrected chi connectivity index (χ2v) is 9.46. The summed E-state index contributed by atoms with van der Waals surface area (Å²) in [5.74, 6) is -0.0133. The van der Waals surface area contributed by atoms with E-state index in [0.29, 0.717) is 31.0 Å². The van der Waals surface area contributed by atoms with Gasteiger partial charge in [-0.3, -0.25) is 18.7 Å². The topological polar surface area (TPSA) is 117 Å². The Kier molecular flexibility index (Phi) is 7.73. The number of methoxy groups -OCH3 is 1. The fourth-order valence-electron chi connectivity index (χ4n) is 4.58. The highest BCUT2D eigenvalue weighted by molar-refractivity contribution is 5.77. The Labute approximate surface area is 209 Å². The summed E-state index contributed by atoms with van der Waals surface area (Å²) in [5, 5.41) is 0. The number of fused-ring (bicyclic) bond motifs is 1. The fourth-order valence-corrected chi connectivity index (χ4v) is 4.58. The van der Waals surface area contributed by atoms with Crippen molar-refractivity contribution in [2.45, 2.75) is 58.8 Å². The maximum atomic E-state index is 13.8. The minimum Gasteiger partial charge on any atom is -0.468 e. The van der Waals surface area contributed by atoms with Crippen molar-refractivity contribution in [1.82, 2.24) is 18.7 Å². The van der Waals surface area contributed by atoms with Gasteiger partial charge in [0.2, 0.25) is 5.95 Å². The van der Waals surface area contributed by atoms with E-state index in [2.05, 4.69) is 4.90 Å². The molecular weight excluding hydrogens is 460 g/mol. The predicted molar refractivity (Wildman–Crippen MR) is 139 cm³/mol. The molecule has 0 bridgehead atoms. The van der Waals surface area contributed by atoms with Crippen LogP contribution >= 0.6 is 0 Å².